The molecule has 1 atom stereocenters. The normalized spacial score (nSPS) is 22.7. The summed E-state index contributed by atoms with van der Waals surface area (Å²) in [6.07, 6.45) is 0.0401. The monoisotopic (exact) mass is 185 g/mol. The van der Waals surface area contributed by atoms with Gasteiger partial charge in [-0.15, -0.1) is 0 Å². The fourth-order valence-corrected chi connectivity index (χ4v) is 1.12. The maximum atomic E-state index is 11.1. The first kappa shape index (κ1) is 9.50. The van der Waals surface area contributed by atoms with E-state index < -0.39 is 17.9 Å². The van der Waals surface area contributed by atoms with E-state index in [1.54, 1.807) is 0 Å². The van der Waals surface area contributed by atoms with Gasteiger partial charge in [-0.2, -0.15) is 0 Å². The van der Waals surface area contributed by atoms with E-state index in [1.165, 1.54) is 7.05 Å². The van der Waals surface area contributed by atoms with Gasteiger partial charge in [0.25, 0.3) is 0 Å². The first-order valence-electron chi connectivity index (χ1n) is 3.92. The number of rotatable bonds is 1. The van der Waals surface area contributed by atoms with Crippen LogP contribution in [0, 0.1) is 5.92 Å². The van der Waals surface area contributed by atoms with Crippen molar-refractivity contribution in [3.8, 4) is 0 Å². The molecule has 6 nitrogen and oxygen atoms in total. The zero-order chi connectivity index (χ0) is 9.84. The number of hydrogen-bond donors (Lipinski definition) is 3. The van der Waals surface area contributed by atoms with Gasteiger partial charge in [0.1, 0.15) is 0 Å². The Morgan fingerprint density at radius 1 is 1.54 bits per heavy atom. The van der Waals surface area contributed by atoms with E-state index in [1.807, 2.05) is 0 Å². The molecule has 72 valence electrons. The topological polar surface area (TPSA) is 87.3 Å². The van der Waals surface area contributed by atoms with Crippen molar-refractivity contribution in [2.24, 2.45) is 5.92 Å². The molecule has 0 aromatic carbocycles. The van der Waals surface area contributed by atoms with Crippen LogP contribution in [0.5, 0.6) is 0 Å². The number of nitrogens with one attached hydrogen (secondary N) is 3. The lowest BCUT2D eigenvalue weighted by Gasteiger charge is -2.09. The SMILES string of the molecule is CNC(=O)C1CNC(=O)NC(=O)C1. The van der Waals surface area contributed by atoms with Crippen molar-refractivity contribution in [2.75, 3.05) is 13.6 Å². The van der Waals surface area contributed by atoms with Gasteiger partial charge in [-0.05, 0) is 0 Å². The van der Waals surface area contributed by atoms with Crippen molar-refractivity contribution in [1.82, 2.24) is 16.0 Å². The first-order chi connectivity index (χ1) is 6.13. The van der Waals surface area contributed by atoms with E-state index in [-0.39, 0.29) is 18.9 Å². The summed E-state index contributed by atoms with van der Waals surface area (Å²) in [7, 11) is 1.49. The first-order valence-corrected chi connectivity index (χ1v) is 3.92. The van der Waals surface area contributed by atoms with E-state index in [2.05, 4.69) is 16.0 Å². The molecule has 1 saturated heterocycles. The van der Waals surface area contributed by atoms with Crippen LogP contribution in [-0.4, -0.2) is 31.4 Å². The molecule has 0 aromatic rings. The third-order valence-corrected chi connectivity index (χ3v) is 1.81. The highest BCUT2D eigenvalue weighted by Gasteiger charge is 2.25. The van der Waals surface area contributed by atoms with Crippen LogP contribution in [0.25, 0.3) is 0 Å². The van der Waals surface area contributed by atoms with Gasteiger partial charge in [-0.25, -0.2) is 4.79 Å². The van der Waals surface area contributed by atoms with Gasteiger partial charge in [-0.1, -0.05) is 0 Å². The highest BCUT2D eigenvalue weighted by atomic mass is 16.2. The van der Waals surface area contributed by atoms with Crippen LogP contribution in [0.2, 0.25) is 0 Å². The predicted molar refractivity (Wildman–Crippen MR) is 43.7 cm³/mol. The molecular weight excluding hydrogens is 174 g/mol. The van der Waals surface area contributed by atoms with E-state index in [4.69, 9.17) is 0 Å². The van der Waals surface area contributed by atoms with E-state index in [0.29, 0.717) is 0 Å². The summed E-state index contributed by atoms with van der Waals surface area (Å²) in [4.78, 5) is 32.9. The molecule has 4 amide bonds. The summed E-state index contributed by atoms with van der Waals surface area (Å²) in [5.41, 5.74) is 0. The molecule has 13 heavy (non-hydrogen) atoms. The summed E-state index contributed by atoms with van der Waals surface area (Å²) in [5.74, 6) is -1.14. The molecule has 1 aliphatic rings. The van der Waals surface area contributed by atoms with Gasteiger partial charge < -0.3 is 10.6 Å². The molecule has 1 fully saturated rings. The Balaban J connectivity index is 2.62. The number of carbonyl (C=O) groups excluding carboxylic acids is 3. The number of imide groups is 1. The zero-order valence-corrected chi connectivity index (χ0v) is 7.22. The van der Waals surface area contributed by atoms with Gasteiger partial charge in [-0.3, -0.25) is 14.9 Å². The molecule has 0 saturated carbocycles. The minimum absolute atomic E-state index is 0.0401. The minimum Gasteiger partial charge on any atom is -0.359 e. The summed E-state index contributed by atoms with van der Waals surface area (Å²) in [6, 6.07) is -0.545. The van der Waals surface area contributed by atoms with Crippen LogP contribution >= 0.6 is 0 Å². The van der Waals surface area contributed by atoms with Gasteiger partial charge in [0.15, 0.2) is 0 Å². The molecule has 0 aromatic heterocycles. The van der Waals surface area contributed by atoms with Gasteiger partial charge >= 0.3 is 6.03 Å². The smallest absolute Gasteiger partial charge is 0.321 e. The fraction of sp³-hybridized carbons (Fsp3) is 0.571. The van der Waals surface area contributed by atoms with Gasteiger partial charge in [0, 0.05) is 20.0 Å². The Bertz CT molecular complexity index is 251. The van der Waals surface area contributed by atoms with E-state index in [9.17, 15) is 14.4 Å². The molecule has 1 heterocycles. The van der Waals surface area contributed by atoms with Crippen LogP contribution < -0.4 is 16.0 Å². The Labute approximate surface area is 75.1 Å². The molecule has 0 spiro atoms. The predicted octanol–water partition coefficient (Wildman–Crippen LogP) is -1.42. The largest absolute Gasteiger partial charge is 0.359 e. The van der Waals surface area contributed by atoms with Crippen LogP contribution in [-0.2, 0) is 9.59 Å². The molecule has 1 aliphatic heterocycles. The second-order valence-corrected chi connectivity index (χ2v) is 2.77. The molecular formula is C7H11N3O3. The van der Waals surface area contributed by atoms with E-state index in [0.717, 1.165) is 0 Å². The number of hydrogen-bond acceptors (Lipinski definition) is 3. The standard InChI is InChI=1S/C7H11N3O3/c1-8-6(12)4-2-5(11)10-7(13)9-3-4/h4H,2-3H2,1H3,(H,8,12)(H2,9,10,11,13). The fourth-order valence-electron chi connectivity index (χ4n) is 1.12. The lowest BCUT2D eigenvalue weighted by Crippen LogP contribution is -2.37. The molecule has 1 unspecified atom stereocenters. The molecule has 0 bridgehead atoms. The summed E-state index contributed by atoms with van der Waals surface area (Å²) < 4.78 is 0. The summed E-state index contributed by atoms with van der Waals surface area (Å²) in [5, 5.41) is 6.92. The van der Waals surface area contributed by atoms with Gasteiger partial charge in [0.2, 0.25) is 11.8 Å². The molecule has 3 N–H and O–H groups in total. The average Bonchev–Trinajstić information content (AvgIpc) is 2.25. The van der Waals surface area contributed by atoms with Crippen molar-refractivity contribution >= 4 is 17.8 Å². The quantitative estimate of drug-likeness (QED) is 0.468. The summed E-state index contributed by atoms with van der Waals surface area (Å²) >= 11 is 0. The Morgan fingerprint density at radius 2 is 2.23 bits per heavy atom. The maximum Gasteiger partial charge on any atom is 0.321 e. The Hall–Kier alpha value is -1.59. The molecule has 1 rings (SSSR count). The van der Waals surface area contributed by atoms with Gasteiger partial charge in [0.05, 0.1) is 5.92 Å². The average molecular weight is 185 g/mol. The Morgan fingerprint density at radius 3 is 2.85 bits per heavy atom. The Kier molecular flexibility index (Phi) is 2.84. The number of urea groups is 1. The highest BCUT2D eigenvalue weighted by molar-refractivity contribution is 5.97. The van der Waals surface area contributed by atoms with Crippen molar-refractivity contribution in [3.05, 3.63) is 0 Å². The lowest BCUT2D eigenvalue weighted by molar-refractivity contribution is -0.128. The van der Waals surface area contributed by atoms with Crippen LogP contribution in [0.15, 0.2) is 0 Å². The molecule has 6 heteroatoms. The second-order valence-electron chi connectivity index (χ2n) is 2.77. The third-order valence-electron chi connectivity index (χ3n) is 1.81. The highest BCUT2D eigenvalue weighted by Crippen LogP contribution is 2.04. The van der Waals surface area contributed by atoms with Crippen molar-refractivity contribution in [2.45, 2.75) is 6.42 Å². The molecule has 0 radical (unpaired) electrons. The number of amides is 4. The minimum atomic E-state index is -0.545. The van der Waals surface area contributed by atoms with Crippen molar-refractivity contribution in [3.63, 3.8) is 0 Å². The van der Waals surface area contributed by atoms with Crippen molar-refractivity contribution < 1.29 is 14.4 Å². The second kappa shape index (κ2) is 3.88. The van der Waals surface area contributed by atoms with Crippen molar-refractivity contribution in [1.29, 1.82) is 0 Å². The molecule has 0 aliphatic carbocycles. The van der Waals surface area contributed by atoms with Crippen LogP contribution in [0.3, 0.4) is 0 Å². The van der Waals surface area contributed by atoms with Crippen LogP contribution in [0.1, 0.15) is 6.42 Å². The maximum absolute atomic E-state index is 11.1. The zero-order valence-electron chi connectivity index (χ0n) is 7.22. The van der Waals surface area contributed by atoms with Crippen LogP contribution in [0.4, 0.5) is 4.79 Å². The third kappa shape index (κ3) is 2.43. The lowest BCUT2D eigenvalue weighted by atomic mass is 10.1. The van der Waals surface area contributed by atoms with E-state index >= 15 is 0 Å². The summed E-state index contributed by atoms with van der Waals surface area (Å²) in [6.45, 7) is 0.192. The number of carbonyl (C=O) groups is 3.